The summed E-state index contributed by atoms with van der Waals surface area (Å²) in [6.07, 6.45) is 3.10. The van der Waals surface area contributed by atoms with Gasteiger partial charge in [-0.3, -0.25) is 9.78 Å². The molecule has 0 unspecified atom stereocenters. The van der Waals surface area contributed by atoms with Crippen molar-refractivity contribution in [2.24, 2.45) is 11.5 Å². The van der Waals surface area contributed by atoms with Crippen molar-refractivity contribution in [1.82, 2.24) is 4.98 Å². The molecule has 2 aromatic rings. The van der Waals surface area contributed by atoms with Gasteiger partial charge >= 0.3 is 0 Å². The maximum absolute atomic E-state index is 11.6. The number of rotatable bonds is 4. The van der Waals surface area contributed by atoms with Gasteiger partial charge in [-0.2, -0.15) is 0 Å². The quantitative estimate of drug-likeness (QED) is 0.831. The predicted molar refractivity (Wildman–Crippen MR) is 89.6 cm³/mol. The first-order valence-electron chi connectivity index (χ1n) is 6.83. The number of hydrogen-bond acceptors (Lipinski definition) is 5. The van der Waals surface area contributed by atoms with Crippen molar-refractivity contribution >= 4 is 28.4 Å². The van der Waals surface area contributed by atoms with Crippen LogP contribution in [0.4, 0.5) is 0 Å². The van der Waals surface area contributed by atoms with Crippen molar-refractivity contribution in [3.05, 3.63) is 64.0 Å². The number of allylic oxidation sites excluding steroid dienone is 2. The van der Waals surface area contributed by atoms with Crippen molar-refractivity contribution in [1.29, 1.82) is 0 Å². The van der Waals surface area contributed by atoms with E-state index < -0.39 is 5.91 Å². The molecule has 1 aliphatic carbocycles. The molecule has 7 heteroatoms. The number of pyridine rings is 1. The number of nitrogens with two attached hydrogens (primary N) is 2. The topological polar surface area (TPSA) is 100 Å². The van der Waals surface area contributed by atoms with Gasteiger partial charge < -0.3 is 20.9 Å². The van der Waals surface area contributed by atoms with Gasteiger partial charge in [0.15, 0.2) is 5.76 Å². The van der Waals surface area contributed by atoms with Gasteiger partial charge in [0.25, 0.3) is 5.91 Å². The van der Waals surface area contributed by atoms with Gasteiger partial charge in [-0.1, -0.05) is 11.6 Å². The Hall–Kier alpha value is -3.17. The van der Waals surface area contributed by atoms with E-state index in [-0.39, 0.29) is 11.3 Å². The zero-order valence-corrected chi connectivity index (χ0v) is 13.3. The monoisotopic (exact) mass is 341 g/mol. The van der Waals surface area contributed by atoms with Crippen LogP contribution in [-0.2, 0) is 0 Å². The summed E-state index contributed by atoms with van der Waals surface area (Å²) in [7, 11) is 1.45. The molecule has 0 fully saturated rings. The lowest BCUT2D eigenvalue weighted by Crippen LogP contribution is -2.12. The van der Waals surface area contributed by atoms with Crippen LogP contribution in [0, 0.1) is 0 Å². The molecule has 1 amide bonds. The maximum atomic E-state index is 11.6. The summed E-state index contributed by atoms with van der Waals surface area (Å²) >= 11 is 5.96. The van der Waals surface area contributed by atoms with Crippen LogP contribution in [0.15, 0.2) is 58.4 Å². The van der Waals surface area contributed by atoms with E-state index in [9.17, 15) is 4.79 Å². The first kappa shape index (κ1) is 15.7. The van der Waals surface area contributed by atoms with Crippen LogP contribution >= 0.6 is 11.6 Å². The maximum Gasteiger partial charge on any atom is 0.252 e. The summed E-state index contributed by atoms with van der Waals surface area (Å²) in [5, 5.41) is 0.898. The average molecular weight is 342 g/mol. The van der Waals surface area contributed by atoms with E-state index in [4.69, 9.17) is 32.5 Å². The minimum atomic E-state index is -0.612. The van der Waals surface area contributed by atoms with Crippen LogP contribution in [0.25, 0.3) is 10.9 Å². The number of halogens is 1. The SMILES string of the molecule is COc1cc2nccc(OC3=C=C=C(N)C(Cl)=C3)c2cc1C(N)=O. The number of primary amides is 1. The number of nitrogens with zero attached hydrogens (tertiary/aromatic N) is 1. The largest absolute Gasteiger partial charge is 0.496 e. The Bertz CT molecular complexity index is 998. The molecule has 1 aliphatic rings. The number of carbonyl (C=O) groups is 1. The summed E-state index contributed by atoms with van der Waals surface area (Å²) < 4.78 is 11.0. The van der Waals surface area contributed by atoms with Crippen LogP contribution < -0.4 is 20.9 Å². The Morgan fingerprint density at radius 3 is 2.75 bits per heavy atom. The molecule has 120 valence electrons. The standard InChI is InChI=1S/C17H12ClN3O3/c1-23-16-8-14-10(7-11(16)17(20)22)15(4-5-21-14)24-9-2-3-13(19)12(18)6-9/h4-8H,19H2,1H3,(H2,20,22). The molecule has 1 aromatic heterocycles. The molecular formula is C17H12ClN3O3. The van der Waals surface area contributed by atoms with Gasteiger partial charge in [-0.15, -0.1) is 0 Å². The molecule has 0 saturated carbocycles. The smallest absolute Gasteiger partial charge is 0.252 e. The Morgan fingerprint density at radius 1 is 1.29 bits per heavy atom. The third-order valence-corrected chi connectivity index (χ3v) is 3.66. The molecule has 0 radical (unpaired) electrons. The summed E-state index contributed by atoms with van der Waals surface area (Å²) in [5.41, 5.74) is 17.5. The minimum absolute atomic E-state index is 0.230. The molecule has 0 aliphatic heterocycles. The van der Waals surface area contributed by atoms with Crippen LogP contribution in [0.1, 0.15) is 10.4 Å². The number of benzene rings is 1. The van der Waals surface area contributed by atoms with E-state index in [1.54, 1.807) is 24.4 Å². The molecule has 0 bridgehead atoms. The minimum Gasteiger partial charge on any atom is -0.496 e. The molecule has 1 heterocycles. The van der Waals surface area contributed by atoms with E-state index in [1.165, 1.54) is 13.2 Å². The molecule has 4 N–H and O–H groups in total. The second-order valence-corrected chi connectivity index (χ2v) is 5.27. The van der Waals surface area contributed by atoms with E-state index in [1.807, 2.05) is 0 Å². The molecule has 0 spiro atoms. The highest BCUT2D eigenvalue weighted by Crippen LogP contribution is 2.32. The van der Waals surface area contributed by atoms with E-state index in [2.05, 4.69) is 16.4 Å². The predicted octanol–water partition coefficient (Wildman–Crippen LogP) is 2.34. The van der Waals surface area contributed by atoms with Gasteiger partial charge in [0.05, 0.1) is 23.2 Å². The lowest BCUT2D eigenvalue weighted by molar-refractivity contribution is 0.0997. The van der Waals surface area contributed by atoms with Crippen LogP contribution in [0.5, 0.6) is 11.5 Å². The van der Waals surface area contributed by atoms with Gasteiger partial charge in [-0.05, 0) is 23.6 Å². The summed E-state index contributed by atoms with van der Waals surface area (Å²) in [4.78, 5) is 15.9. The highest BCUT2D eigenvalue weighted by molar-refractivity contribution is 6.32. The molecule has 0 atom stereocenters. The number of carbonyl (C=O) groups excluding carboxylic acids is 1. The fourth-order valence-electron chi connectivity index (χ4n) is 2.19. The summed E-state index contributed by atoms with van der Waals surface area (Å²) in [5.74, 6) is 0.517. The van der Waals surface area contributed by atoms with Crippen LogP contribution in [0.3, 0.4) is 0 Å². The number of ether oxygens (including phenoxy) is 2. The average Bonchev–Trinajstić information content (AvgIpc) is 2.57. The van der Waals surface area contributed by atoms with Crippen molar-refractivity contribution in [2.45, 2.75) is 0 Å². The number of methoxy groups -OCH3 is 1. The molecule has 0 saturated heterocycles. The zero-order chi connectivity index (χ0) is 17.3. The fraction of sp³-hybridized carbons (Fsp3) is 0.0588. The van der Waals surface area contributed by atoms with E-state index in [0.29, 0.717) is 33.2 Å². The Balaban J connectivity index is 2.14. The number of hydrogen-bond donors (Lipinski definition) is 2. The normalized spacial score (nSPS) is 13.2. The highest BCUT2D eigenvalue weighted by Gasteiger charge is 2.15. The Labute approximate surface area is 142 Å². The molecular weight excluding hydrogens is 330 g/mol. The van der Waals surface area contributed by atoms with Crippen molar-refractivity contribution in [3.8, 4) is 11.5 Å². The lowest BCUT2D eigenvalue weighted by atomic mass is 10.1. The van der Waals surface area contributed by atoms with Gasteiger partial charge in [0.2, 0.25) is 0 Å². The summed E-state index contributed by atoms with van der Waals surface area (Å²) in [6, 6.07) is 4.84. The number of fused-ring (bicyclic) bond motifs is 1. The van der Waals surface area contributed by atoms with Crippen molar-refractivity contribution in [3.63, 3.8) is 0 Å². The third-order valence-electron chi connectivity index (χ3n) is 3.34. The Morgan fingerprint density at radius 2 is 2.08 bits per heavy atom. The first-order valence-corrected chi connectivity index (χ1v) is 7.20. The molecule has 1 aromatic carbocycles. The van der Waals surface area contributed by atoms with Crippen LogP contribution in [-0.4, -0.2) is 18.0 Å². The summed E-state index contributed by atoms with van der Waals surface area (Å²) in [6.45, 7) is 0. The second-order valence-electron chi connectivity index (χ2n) is 4.87. The van der Waals surface area contributed by atoms with Gasteiger partial charge in [0.1, 0.15) is 17.2 Å². The van der Waals surface area contributed by atoms with E-state index >= 15 is 0 Å². The van der Waals surface area contributed by atoms with E-state index in [0.717, 1.165) is 0 Å². The highest BCUT2D eigenvalue weighted by atomic mass is 35.5. The lowest BCUT2D eigenvalue weighted by Gasteiger charge is -2.12. The van der Waals surface area contributed by atoms with Gasteiger partial charge in [0, 0.05) is 23.7 Å². The molecule has 24 heavy (non-hydrogen) atoms. The fourth-order valence-corrected chi connectivity index (χ4v) is 2.34. The second kappa shape index (κ2) is 6.14. The zero-order valence-electron chi connectivity index (χ0n) is 12.6. The molecule has 3 rings (SSSR count). The Kier molecular flexibility index (Phi) is 4.02. The molecule has 6 nitrogen and oxygen atoms in total. The van der Waals surface area contributed by atoms with Gasteiger partial charge in [-0.25, -0.2) is 0 Å². The van der Waals surface area contributed by atoms with Crippen molar-refractivity contribution in [2.75, 3.05) is 7.11 Å². The third kappa shape index (κ3) is 2.85. The number of aromatic nitrogens is 1. The van der Waals surface area contributed by atoms with Crippen molar-refractivity contribution < 1.29 is 14.3 Å². The number of amides is 1. The first-order chi connectivity index (χ1) is 11.5. The van der Waals surface area contributed by atoms with Crippen LogP contribution in [0.2, 0.25) is 0 Å².